The Balaban J connectivity index is 1.46. The van der Waals surface area contributed by atoms with Crippen LogP contribution in [0.4, 0.5) is 4.39 Å². The standard InChI is InChI=1S/C23H19ClFN3O3/c24-19-8-4-16(5-9-19)13-26-22(29)23(30)28-27-14-18-2-1-3-21(12-18)31-15-17-6-10-20(25)11-7-17/h1-12,14H,13,15H2,(H,26,29)(H,28,30)/b27-14-. The Labute approximate surface area is 183 Å². The molecule has 31 heavy (non-hydrogen) atoms. The molecule has 0 heterocycles. The SMILES string of the molecule is O=C(NCc1ccc(Cl)cc1)C(=O)N/N=C\c1cccc(OCc2ccc(F)cc2)c1. The van der Waals surface area contributed by atoms with E-state index < -0.39 is 11.8 Å². The molecule has 0 saturated heterocycles. The third-order valence-electron chi connectivity index (χ3n) is 4.13. The molecule has 0 fully saturated rings. The quantitative estimate of drug-likeness (QED) is 0.333. The number of amides is 2. The minimum Gasteiger partial charge on any atom is -0.489 e. The minimum absolute atomic E-state index is 0.195. The molecule has 0 saturated carbocycles. The molecule has 0 aliphatic heterocycles. The highest BCUT2D eigenvalue weighted by Crippen LogP contribution is 2.14. The molecule has 0 aliphatic carbocycles. The number of hydrazone groups is 1. The van der Waals surface area contributed by atoms with E-state index in [0.717, 1.165) is 11.1 Å². The number of ether oxygens (including phenoxy) is 1. The van der Waals surface area contributed by atoms with Crippen LogP contribution in [0.5, 0.6) is 5.75 Å². The smallest absolute Gasteiger partial charge is 0.329 e. The second-order valence-electron chi connectivity index (χ2n) is 6.50. The van der Waals surface area contributed by atoms with Gasteiger partial charge in [0.2, 0.25) is 0 Å². The zero-order valence-corrected chi connectivity index (χ0v) is 17.1. The van der Waals surface area contributed by atoms with E-state index in [4.69, 9.17) is 16.3 Å². The van der Waals surface area contributed by atoms with E-state index in [0.29, 0.717) is 16.3 Å². The zero-order valence-electron chi connectivity index (χ0n) is 16.3. The van der Waals surface area contributed by atoms with E-state index in [1.165, 1.54) is 18.3 Å². The van der Waals surface area contributed by atoms with Crippen molar-refractivity contribution in [3.8, 4) is 5.75 Å². The molecule has 6 nitrogen and oxygen atoms in total. The molecule has 3 rings (SSSR count). The first kappa shape index (κ1) is 22.0. The van der Waals surface area contributed by atoms with Crippen molar-refractivity contribution in [2.24, 2.45) is 5.10 Å². The first-order chi connectivity index (χ1) is 15.0. The summed E-state index contributed by atoms with van der Waals surface area (Å²) in [6, 6.07) is 20.0. The van der Waals surface area contributed by atoms with Gasteiger partial charge in [0.05, 0.1) is 6.21 Å². The molecule has 0 radical (unpaired) electrons. The molecule has 3 aromatic rings. The summed E-state index contributed by atoms with van der Waals surface area (Å²) in [5.74, 6) is -1.40. The maximum atomic E-state index is 12.9. The fourth-order valence-electron chi connectivity index (χ4n) is 2.51. The van der Waals surface area contributed by atoms with Crippen LogP contribution in [-0.2, 0) is 22.7 Å². The number of nitrogens with one attached hydrogen (secondary N) is 2. The third-order valence-corrected chi connectivity index (χ3v) is 4.38. The van der Waals surface area contributed by atoms with Gasteiger partial charge in [0.15, 0.2) is 0 Å². The third kappa shape index (κ3) is 7.24. The van der Waals surface area contributed by atoms with Crippen LogP contribution >= 0.6 is 11.6 Å². The summed E-state index contributed by atoms with van der Waals surface area (Å²) in [4.78, 5) is 23.7. The van der Waals surface area contributed by atoms with Crippen LogP contribution in [0, 0.1) is 5.82 Å². The topological polar surface area (TPSA) is 79.8 Å². The number of rotatable bonds is 7. The molecule has 0 unspecified atom stereocenters. The molecular formula is C23H19ClFN3O3. The Morgan fingerprint density at radius 3 is 2.42 bits per heavy atom. The number of hydrogen-bond donors (Lipinski definition) is 2. The van der Waals surface area contributed by atoms with Crippen molar-refractivity contribution in [1.29, 1.82) is 0 Å². The van der Waals surface area contributed by atoms with Crippen LogP contribution in [0.1, 0.15) is 16.7 Å². The summed E-state index contributed by atoms with van der Waals surface area (Å²) in [6.45, 7) is 0.478. The van der Waals surface area contributed by atoms with Crippen molar-refractivity contribution in [1.82, 2.24) is 10.7 Å². The van der Waals surface area contributed by atoms with E-state index in [9.17, 15) is 14.0 Å². The maximum absolute atomic E-state index is 12.9. The molecule has 0 aliphatic rings. The summed E-state index contributed by atoms with van der Waals surface area (Å²) in [5, 5.41) is 6.89. The number of carbonyl (C=O) groups excluding carboxylic acids is 2. The van der Waals surface area contributed by atoms with Crippen LogP contribution in [0.2, 0.25) is 5.02 Å². The zero-order chi connectivity index (χ0) is 22.1. The first-order valence-corrected chi connectivity index (χ1v) is 9.70. The van der Waals surface area contributed by atoms with Crippen molar-refractivity contribution >= 4 is 29.6 Å². The van der Waals surface area contributed by atoms with E-state index in [2.05, 4.69) is 15.8 Å². The lowest BCUT2D eigenvalue weighted by molar-refractivity contribution is -0.139. The molecule has 158 valence electrons. The fourth-order valence-corrected chi connectivity index (χ4v) is 2.64. The van der Waals surface area contributed by atoms with Gasteiger partial charge in [-0.05, 0) is 53.1 Å². The summed E-state index contributed by atoms with van der Waals surface area (Å²) in [5.41, 5.74) is 4.49. The summed E-state index contributed by atoms with van der Waals surface area (Å²) < 4.78 is 18.6. The minimum atomic E-state index is -0.881. The average Bonchev–Trinajstić information content (AvgIpc) is 2.78. The number of hydrogen-bond acceptors (Lipinski definition) is 4. The van der Waals surface area contributed by atoms with Gasteiger partial charge in [-0.3, -0.25) is 9.59 Å². The van der Waals surface area contributed by atoms with Gasteiger partial charge in [0.25, 0.3) is 0 Å². The van der Waals surface area contributed by atoms with Crippen LogP contribution in [0.25, 0.3) is 0 Å². The Morgan fingerprint density at radius 2 is 1.68 bits per heavy atom. The fraction of sp³-hybridized carbons (Fsp3) is 0.0870. The van der Waals surface area contributed by atoms with Gasteiger partial charge < -0.3 is 10.1 Å². The highest BCUT2D eigenvalue weighted by Gasteiger charge is 2.11. The van der Waals surface area contributed by atoms with Gasteiger partial charge in [-0.15, -0.1) is 0 Å². The Morgan fingerprint density at radius 1 is 0.968 bits per heavy atom. The van der Waals surface area contributed by atoms with Gasteiger partial charge in [-0.2, -0.15) is 5.10 Å². The van der Waals surface area contributed by atoms with Gasteiger partial charge in [-0.25, -0.2) is 9.82 Å². The largest absolute Gasteiger partial charge is 0.489 e. The molecule has 2 amide bonds. The first-order valence-electron chi connectivity index (χ1n) is 9.32. The predicted octanol–water partition coefficient (Wildman–Crippen LogP) is 3.82. The Hall–Kier alpha value is -3.71. The summed E-state index contributed by atoms with van der Waals surface area (Å²) in [7, 11) is 0. The van der Waals surface area contributed by atoms with Crippen molar-refractivity contribution < 1.29 is 18.7 Å². The van der Waals surface area contributed by atoms with Gasteiger partial charge in [0.1, 0.15) is 18.2 Å². The van der Waals surface area contributed by atoms with Crippen LogP contribution < -0.4 is 15.5 Å². The van der Waals surface area contributed by atoms with Gasteiger partial charge in [0, 0.05) is 11.6 Å². The number of nitrogens with zero attached hydrogens (tertiary/aromatic N) is 1. The molecule has 0 bridgehead atoms. The molecule has 0 aromatic heterocycles. The van der Waals surface area contributed by atoms with Gasteiger partial charge >= 0.3 is 11.8 Å². The summed E-state index contributed by atoms with van der Waals surface area (Å²) >= 11 is 5.81. The lowest BCUT2D eigenvalue weighted by Crippen LogP contribution is -2.37. The molecule has 2 N–H and O–H groups in total. The Kier molecular flexibility index (Phi) is 7.73. The summed E-state index contributed by atoms with van der Waals surface area (Å²) in [6.07, 6.45) is 1.40. The number of halogens is 2. The highest BCUT2D eigenvalue weighted by atomic mass is 35.5. The van der Waals surface area contributed by atoms with Crippen LogP contribution in [0.15, 0.2) is 77.9 Å². The van der Waals surface area contributed by atoms with Gasteiger partial charge in [-0.1, -0.05) is 48.0 Å². The highest BCUT2D eigenvalue weighted by molar-refractivity contribution is 6.35. The Bertz CT molecular complexity index is 1070. The normalized spacial score (nSPS) is 10.6. The molecule has 8 heteroatoms. The second kappa shape index (κ2) is 10.9. The van der Waals surface area contributed by atoms with Crippen molar-refractivity contribution in [2.75, 3.05) is 0 Å². The lowest BCUT2D eigenvalue weighted by Gasteiger charge is -2.07. The molecule has 3 aromatic carbocycles. The monoisotopic (exact) mass is 439 g/mol. The van der Waals surface area contributed by atoms with Crippen molar-refractivity contribution in [3.05, 3.63) is 100 Å². The van der Waals surface area contributed by atoms with E-state index in [1.54, 1.807) is 60.7 Å². The van der Waals surface area contributed by atoms with Crippen molar-refractivity contribution in [2.45, 2.75) is 13.2 Å². The maximum Gasteiger partial charge on any atom is 0.329 e. The van der Waals surface area contributed by atoms with Crippen LogP contribution in [-0.4, -0.2) is 18.0 Å². The van der Waals surface area contributed by atoms with E-state index >= 15 is 0 Å². The molecule has 0 spiro atoms. The molecular weight excluding hydrogens is 421 g/mol. The number of benzene rings is 3. The predicted molar refractivity (Wildman–Crippen MR) is 116 cm³/mol. The molecule has 0 atom stereocenters. The van der Waals surface area contributed by atoms with E-state index in [1.807, 2.05) is 0 Å². The number of carbonyl (C=O) groups is 2. The lowest BCUT2D eigenvalue weighted by atomic mass is 10.2. The van der Waals surface area contributed by atoms with Crippen LogP contribution in [0.3, 0.4) is 0 Å². The second-order valence-corrected chi connectivity index (χ2v) is 6.93. The van der Waals surface area contributed by atoms with Crippen molar-refractivity contribution in [3.63, 3.8) is 0 Å². The van der Waals surface area contributed by atoms with E-state index in [-0.39, 0.29) is 19.0 Å². The average molecular weight is 440 g/mol.